The van der Waals surface area contributed by atoms with Gasteiger partial charge < -0.3 is 4.90 Å². The first kappa shape index (κ1) is 16.9. The van der Waals surface area contributed by atoms with Gasteiger partial charge in [0.2, 0.25) is 0 Å². The van der Waals surface area contributed by atoms with Crippen molar-refractivity contribution in [3.63, 3.8) is 0 Å². The van der Waals surface area contributed by atoms with E-state index in [1.807, 2.05) is 36.7 Å². The summed E-state index contributed by atoms with van der Waals surface area (Å²) in [7, 11) is 0. The molecular weight excluding hydrogens is 306 g/mol. The van der Waals surface area contributed by atoms with Crippen LogP contribution in [0.5, 0.6) is 0 Å². The van der Waals surface area contributed by atoms with Gasteiger partial charge in [-0.15, -0.1) is 0 Å². The van der Waals surface area contributed by atoms with Gasteiger partial charge in [-0.3, -0.25) is 9.98 Å². The minimum Gasteiger partial charge on any atom is -0.372 e. The van der Waals surface area contributed by atoms with Crippen molar-refractivity contribution >= 4 is 17.6 Å². The summed E-state index contributed by atoms with van der Waals surface area (Å²) in [4.78, 5) is 11.3. The highest BCUT2D eigenvalue weighted by Crippen LogP contribution is 2.21. The van der Waals surface area contributed by atoms with Gasteiger partial charge in [0.05, 0.1) is 11.4 Å². The van der Waals surface area contributed by atoms with E-state index >= 15 is 0 Å². The molecule has 0 aliphatic heterocycles. The van der Waals surface area contributed by atoms with Gasteiger partial charge in [0.1, 0.15) is 0 Å². The molecule has 0 N–H and O–H groups in total. The minimum atomic E-state index is 0.958. The zero-order valence-electron chi connectivity index (χ0n) is 14.8. The van der Waals surface area contributed by atoms with Gasteiger partial charge in [0.15, 0.2) is 0 Å². The van der Waals surface area contributed by atoms with Crippen LogP contribution in [0.1, 0.15) is 19.4 Å². The number of aromatic nitrogens is 1. The fourth-order valence-electron chi connectivity index (χ4n) is 2.80. The lowest BCUT2D eigenvalue weighted by molar-refractivity contribution is 0.866. The molecule has 3 heteroatoms. The van der Waals surface area contributed by atoms with Crippen LogP contribution in [0.4, 0.5) is 11.4 Å². The maximum atomic E-state index is 4.60. The fraction of sp³-hybridized carbons (Fsp3) is 0.182. The number of pyridine rings is 1. The summed E-state index contributed by atoms with van der Waals surface area (Å²) in [5, 5.41) is 0. The summed E-state index contributed by atoms with van der Waals surface area (Å²) in [6.45, 7) is 6.37. The Bertz CT molecular complexity index is 819. The van der Waals surface area contributed by atoms with E-state index < -0.39 is 0 Å². The summed E-state index contributed by atoms with van der Waals surface area (Å²) in [5.41, 5.74) is 5.33. The Balaban J connectivity index is 1.76. The van der Waals surface area contributed by atoms with Crippen LogP contribution in [-0.4, -0.2) is 24.3 Å². The monoisotopic (exact) mass is 329 g/mol. The highest BCUT2D eigenvalue weighted by Gasteiger charge is 2.01. The van der Waals surface area contributed by atoms with Crippen molar-refractivity contribution in [2.45, 2.75) is 13.8 Å². The maximum absolute atomic E-state index is 4.60. The molecule has 0 aliphatic rings. The molecule has 0 aliphatic carbocycles. The molecule has 0 radical (unpaired) electrons. The minimum absolute atomic E-state index is 0.958. The zero-order chi connectivity index (χ0) is 17.5. The third-order valence-corrected chi connectivity index (χ3v) is 4.19. The molecule has 0 saturated carbocycles. The van der Waals surface area contributed by atoms with Crippen LogP contribution in [-0.2, 0) is 0 Å². The molecule has 0 fully saturated rings. The van der Waals surface area contributed by atoms with Crippen molar-refractivity contribution in [2.75, 3.05) is 18.0 Å². The molecule has 126 valence electrons. The molecule has 3 rings (SSSR count). The lowest BCUT2D eigenvalue weighted by atomic mass is 10.1. The fourth-order valence-corrected chi connectivity index (χ4v) is 2.80. The van der Waals surface area contributed by atoms with Gasteiger partial charge in [-0.25, -0.2) is 0 Å². The Morgan fingerprint density at radius 3 is 2.40 bits per heavy atom. The number of benzene rings is 2. The molecule has 1 heterocycles. The van der Waals surface area contributed by atoms with E-state index in [1.165, 1.54) is 5.69 Å². The van der Waals surface area contributed by atoms with E-state index in [0.29, 0.717) is 0 Å². The molecule has 0 bridgehead atoms. The number of nitrogens with zero attached hydrogens (tertiary/aromatic N) is 3. The molecule has 0 spiro atoms. The number of anilines is 1. The number of aliphatic imine (C=N–C) groups is 1. The van der Waals surface area contributed by atoms with E-state index in [0.717, 1.165) is 35.6 Å². The van der Waals surface area contributed by atoms with Crippen LogP contribution >= 0.6 is 0 Å². The van der Waals surface area contributed by atoms with Gasteiger partial charge in [0.25, 0.3) is 0 Å². The first-order valence-corrected chi connectivity index (χ1v) is 8.70. The van der Waals surface area contributed by atoms with Gasteiger partial charge in [0, 0.05) is 36.8 Å². The maximum Gasteiger partial charge on any atom is 0.0702 e. The van der Waals surface area contributed by atoms with Crippen molar-refractivity contribution in [1.82, 2.24) is 4.98 Å². The third-order valence-electron chi connectivity index (χ3n) is 4.19. The average molecular weight is 329 g/mol. The molecule has 3 aromatic rings. The number of hydrogen-bond acceptors (Lipinski definition) is 3. The largest absolute Gasteiger partial charge is 0.372 e. The Labute approximate surface area is 149 Å². The van der Waals surface area contributed by atoms with Crippen molar-refractivity contribution in [1.29, 1.82) is 0 Å². The molecule has 1 aromatic heterocycles. The second-order valence-corrected chi connectivity index (χ2v) is 5.79. The second kappa shape index (κ2) is 8.25. The Hall–Kier alpha value is -2.94. The Kier molecular flexibility index (Phi) is 5.57. The van der Waals surface area contributed by atoms with Crippen LogP contribution in [0, 0.1) is 0 Å². The predicted molar refractivity (Wildman–Crippen MR) is 107 cm³/mol. The topological polar surface area (TPSA) is 28.5 Å². The summed E-state index contributed by atoms with van der Waals surface area (Å²) in [6, 6.07) is 22.6. The molecule has 2 aromatic carbocycles. The third kappa shape index (κ3) is 4.32. The molecule has 0 saturated heterocycles. The van der Waals surface area contributed by atoms with Crippen LogP contribution in [0.3, 0.4) is 0 Å². The first-order chi connectivity index (χ1) is 12.3. The smallest absolute Gasteiger partial charge is 0.0702 e. The summed E-state index contributed by atoms with van der Waals surface area (Å²) < 4.78 is 0. The zero-order valence-corrected chi connectivity index (χ0v) is 14.8. The summed E-state index contributed by atoms with van der Waals surface area (Å²) in [6.07, 6.45) is 3.71. The standard InChI is InChI=1S/C22H23N3/c1-3-25(4-2)21-13-11-20(12-14-21)24-17-18-8-7-9-19(16-18)22-10-5-6-15-23-22/h5-17H,3-4H2,1-2H3. The van der Waals surface area contributed by atoms with E-state index in [9.17, 15) is 0 Å². The van der Waals surface area contributed by atoms with Gasteiger partial charge in [-0.2, -0.15) is 0 Å². The van der Waals surface area contributed by atoms with E-state index in [-0.39, 0.29) is 0 Å². The summed E-state index contributed by atoms with van der Waals surface area (Å²) in [5.74, 6) is 0. The summed E-state index contributed by atoms with van der Waals surface area (Å²) >= 11 is 0. The Morgan fingerprint density at radius 1 is 0.920 bits per heavy atom. The van der Waals surface area contributed by atoms with Crippen LogP contribution in [0.2, 0.25) is 0 Å². The number of hydrogen-bond donors (Lipinski definition) is 0. The van der Waals surface area contributed by atoms with E-state index in [2.05, 4.69) is 71.2 Å². The Morgan fingerprint density at radius 2 is 1.72 bits per heavy atom. The first-order valence-electron chi connectivity index (χ1n) is 8.70. The second-order valence-electron chi connectivity index (χ2n) is 5.79. The lowest BCUT2D eigenvalue weighted by Gasteiger charge is -2.20. The van der Waals surface area contributed by atoms with Gasteiger partial charge in [-0.05, 0) is 61.9 Å². The molecule has 25 heavy (non-hydrogen) atoms. The predicted octanol–water partition coefficient (Wildman–Crippen LogP) is 5.35. The highest BCUT2D eigenvalue weighted by atomic mass is 15.1. The van der Waals surface area contributed by atoms with Gasteiger partial charge in [-0.1, -0.05) is 24.3 Å². The van der Waals surface area contributed by atoms with E-state index in [1.54, 1.807) is 0 Å². The quantitative estimate of drug-likeness (QED) is 0.571. The molecule has 0 amide bonds. The van der Waals surface area contributed by atoms with E-state index in [4.69, 9.17) is 0 Å². The van der Waals surface area contributed by atoms with Crippen molar-refractivity contribution in [3.8, 4) is 11.3 Å². The number of rotatable bonds is 6. The molecule has 3 nitrogen and oxygen atoms in total. The molecule has 0 atom stereocenters. The van der Waals surface area contributed by atoms with Crippen molar-refractivity contribution in [2.24, 2.45) is 4.99 Å². The van der Waals surface area contributed by atoms with Crippen LogP contribution < -0.4 is 4.90 Å². The molecule has 0 unspecified atom stereocenters. The lowest BCUT2D eigenvalue weighted by Crippen LogP contribution is -2.21. The SMILES string of the molecule is CCN(CC)c1ccc(N=Cc2cccc(-c3ccccn3)c2)cc1. The van der Waals surface area contributed by atoms with Crippen LogP contribution in [0.25, 0.3) is 11.3 Å². The molecular formula is C22H23N3. The van der Waals surface area contributed by atoms with Crippen LogP contribution in [0.15, 0.2) is 77.9 Å². The highest BCUT2D eigenvalue weighted by molar-refractivity contribution is 5.84. The average Bonchev–Trinajstić information content (AvgIpc) is 2.69. The normalized spacial score (nSPS) is 11.0. The van der Waals surface area contributed by atoms with Crippen molar-refractivity contribution < 1.29 is 0 Å². The van der Waals surface area contributed by atoms with Crippen molar-refractivity contribution in [3.05, 3.63) is 78.5 Å². The van der Waals surface area contributed by atoms with Gasteiger partial charge >= 0.3 is 0 Å².